The molecule has 2 aliphatic rings. The topological polar surface area (TPSA) is 75.7 Å². The Morgan fingerprint density at radius 1 is 1.18 bits per heavy atom. The van der Waals surface area contributed by atoms with Crippen LogP contribution in [-0.2, 0) is 19.1 Å². The summed E-state index contributed by atoms with van der Waals surface area (Å²) in [6, 6.07) is 4.87. The quantitative estimate of drug-likeness (QED) is 0.634. The van der Waals surface area contributed by atoms with Crippen LogP contribution in [0.15, 0.2) is 18.2 Å². The van der Waals surface area contributed by atoms with Crippen molar-refractivity contribution in [2.45, 2.75) is 58.0 Å². The van der Waals surface area contributed by atoms with Gasteiger partial charge in [-0.2, -0.15) is 0 Å². The van der Waals surface area contributed by atoms with Gasteiger partial charge in [-0.15, -0.1) is 0 Å². The number of hydrogen-bond acceptors (Lipinski definition) is 5. The minimum Gasteiger partial charge on any atom is -0.460 e. The van der Waals surface area contributed by atoms with Gasteiger partial charge in [0.2, 0.25) is 11.8 Å². The van der Waals surface area contributed by atoms with Crippen molar-refractivity contribution in [3.8, 4) is 0 Å². The summed E-state index contributed by atoms with van der Waals surface area (Å²) in [4.78, 5) is 37.5. The highest BCUT2D eigenvalue weighted by molar-refractivity contribution is 6.01. The summed E-state index contributed by atoms with van der Waals surface area (Å²) in [5.74, 6) is -2.15. The molecule has 2 saturated heterocycles. The lowest BCUT2D eigenvalue weighted by molar-refractivity contribution is -0.160. The summed E-state index contributed by atoms with van der Waals surface area (Å²) < 4.78 is 20.1. The minimum atomic E-state index is -0.635. The first-order chi connectivity index (χ1) is 13.1. The Kier molecular flexibility index (Phi) is 5.72. The second-order valence-electron chi connectivity index (χ2n) is 8.50. The number of amides is 2. The molecule has 0 aliphatic carbocycles. The average molecular weight is 390 g/mol. The summed E-state index contributed by atoms with van der Waals surface area (Å²) in [6.07, 6.45) is 1.86. The number of ether oxygens (including phenoxy) is 1. The molecule has 0 saturated carbocycles. The van der Waals surface area contributed by atoms with Crippen molar-refractivity contribution in [1.82, 2.24) is 5.32 Å². The van der Waals surface area contributed by atoms with Crippen molar-refractivity contribution in [2.75, 3.05) is 18.0 Å². The van der Waals surface area contributed by atoms with Crippen molar-refractivity contribution >= 4 is 23.5 Å². The van der Waals surface area contributed by atoms with E-state index in [2.05, 4.69) is 5.32 Å². The largest absolute Gasteiger partial charge is 0.460 e. The van der Waals surface area contributed by atoms with Crippen LogP contribution < -0.4 is 10.2 Å². The molecule has 6 nitrogen and oxygen atoms in total. The van der Waals surface area contributed by atoms with Crippen LogP contribution in [0.3, 0.4) is 0 Å². The molecular formula is C21H27FN2O4. The van der Waals surface area contributed by atoms with Gasteiger partial charge in [0.1, 0.15) is 11.4 Å². The lowest BCUT2D eigenvalue weighted by Crippen LogP contribution is -2.40. The first-order valence-corrected chi connectivity index (χ1v) is 9.75. The van der Waals surface area contributed by atoms with E-state index >= 15 is 0 Å². The van der Waals surface area contributed by atoms with Gasteiger partial charge in [0.05, 0.1) is 11.8 Å². The molecule has 2 heterocycles. The highest BCUT2D eigenvalue weighted by Gasteiger charge is 2.32. The monoisotopic (exact) mass is 390 g/mol. The molecule has 28 heavy (non-hydrogen) atoms. The Balaban J connectivity index is 1.63. The summed E-state index contributed by atoms with van der Waals surface area (Å²) >= 11 is 0. The Morgan fingerprint density at radius 3 is 2.43 bits per heavy atom. The number of nitrogens with zero attached hydrogens (tertiary/aromatic N) is 1. The van der Waals surface area contributed by atoms with E-state index in [1.54, 1.807) is 12.1 Å². The van der Waals surface area contributed by atoms with Crippen LogP contribution in [0.2, 0.25) is 0 Å². The van der Waals surface area contributed by atoms with Crippen molar-refractivity contribution < 1.29 is 23.5 Å². The Hall–Kier alpha value is -2.44. The number of hydrogen-bond donors (Lipinski definition) is 1. The highest BCUT2D eigenvalue weighted by atomic mass is 19.1. The van der Waals surface area contributed by atoms with Gasteiger partial charge in [-0.1, -0.05) is 6.07 Å². The van der Waals surface area contributed by atoms with Gasteiger partial charge in [-0.3, -0.25) is 19.7 Å². The number of halogens is 1. The number of benzene rings is 1. The lowest BCUT2D eigenvalue weighted by atomic mass is 9.89. The smallest absolute Gasteiger partial charge is 0.309 e. The molecule has 0 radical (unpaired) electrons. The predicted molar refractivity (Wildman–Crippen MR) is 102 cm³/mol. The zero-order chi connectivity index (χ0) is 20.5. The molecule has 1 aromatic carbocycles. The molecule has 0 spiro atoms. The minimum absolute atomic E-state index is 0.136. The van der Waals surface area contributed by atoms with Crippen LogP contribution in [0, 0.1) is 11.7 Å². The molecular weight excluding hydrogens is 363 g/mol. The third-order valence-corrected chi connectivity index (χ3v) is 5.20. The molecule has 152 valence electrons. The number of anilines is 1. The number of imide groups is 1. The standard InChI is InChI=1S/C21H27FN2O4/c1-21(2,3)28-20(27)13-8-10-24(11-9-13)14-4-5-15(17(22)12-14)16-6-7-18(25)23-19(16)26/h4-5,12-13,16H,6-11H2,1-3H3,(H,23,25,26). The summed E-state index contributed by atoms with van der Waals surface area (Å²) in [7, 11) is 0. The molecule has 1 unspecified atom stereocenters. The third kappa shape index (κ3) is 4.69. The molecule has 1 atom stereocenters. The molecule has 3 rings (SSSR count). The van der Waals surface area contributed by atoms with E-state index in [0.29, 0.717) is 37.9 Å². The Labute approximate surface area is 164 Å². The molecule has 2 fully saturated rings. The molecule has 0 aromatic heterocycles. The maximum absolute atomic E-state index is 14.7. The number of piperidine rings is 2. The van der Waals surface area contributed by atoms with Crippen molar-refractivity contribution in [1.29, 1.82) is 0 Å². The fourth-order valence-electron chi connectivity index (χ4n) is 3.74. The normalized spacial score (nSPS) is 21.4. The van der Waals surface area contributed by atoms with Crippen molar-refractivity contribution in [2.24, 2.45) is 5.92 Å². The number of esters is 1. The highest BCUT2D eigenvalue weighted by Crippen LogP contribution is 2.31. The predicted octanol–water partition coefficient (Wildman–Crippen LogP) is 2.90. The molecule has 1 N–H and O–H groups in total. The third-order valence-electron chi connectivity index (χ3n) is 5.20. The van der Waals surface area contributed by atoms with E-state index in [1.807, 2.05) is 25.7 Å². The van der Waals surface area contributed by atoms with E-state index in [0.717, 1.165) is 5.69 Å². The van der Waals surface area contributed by atoms with Crippen molar-refractivity contribution in [3.05, 3.63) is 29.6 Å². The van der Waals surface area contributed by atoms with Crippen LogP contribution in [0.25, 0.3) is 0 Å². The van der Waals surface area contributed by atoms with Gasteiger partial charge in [-0.25, -0.2) is 4.39 Å². The van der Waals surface area contributed by atoms with E-state index in [1.165, 1.54) is 6.07 Å². The zero-order valence-corrected chi connectivity index (χ0v) is 16.6. The first kappa shape index (κ1) is 20.3. The van der Waals surface area contributed by atoms with Crippen LogP contribution >= 0.6 is 0 Å². The lowest BCUT2D eigenvalue weighted by Gasteiger charge is -2.34. The average Bonchev–Trinajstić information content (AvgIpc) is 2.61. The van der Waals surface area contributed by atoms with E-state index in [-0.39, 0.29) is 24.2 Å². The first-order valence-electron chi connectivity index (χ1n) is 9.75. The number of rotatable bonds is 3. The van der Waals surface area contributed by atoms with Crippen LogP contribution in [-0.4, -0.2) is 36.5 Å². The molecule has 2 amide bonds. The van der Waals surface area contributed by atoms with E-state index < -0.39 is 23.2 Å². The van der Waals surface area contributed by atoms with Crippen LogP contribution in [0.4, 0.5) is 10.1 Å². The van der Waals surface area contributed by atoms with E-state index in [9.17, 15) is 18.8 Å². The second kappa shape index (κ2) is 7.89. The Bertz CT molecular complexity index is 779. The zero-order valence-electron chi connectivity index (χ0n) is 16.6. The van der Waals surface area contributed by atoms with Crippen LogP contribution in [0.1, 0.15) is 57.9 Å². The van der Waals surface area contributed by atoms with Gasteiger partial charge in [-0.05, 0) is 52.2 Å². The number of nitrogens with one attached hydrogen (secondary N) is 1. The summed E-state index contributed by atoms with van der Waals surface area (Å²) in [6.45, 7) is 6.84. The molecule has 1 aromatic rings. The maximum Gasteiger partial charge on any atom is 0.309 e. The van der Waals surface area contributed by atoms with Crippen LogP contribution in [0.5, 0.6) is 0 Å². The SMILES string of the molecule is CC(C)(C)OC(=O)C1CCN(c2ccc(C3CCC(=O)NC3=O)c(F)c2)CC1. The summed E-state index contributed by atoms with van der Waals surface area (Å²) in [5, 5.41) is 2.27. The molecule has 0 bridgehead atoms. The second-order valence-corrected chi connectivity index (χ2v) is 8.50. The maximum atomic E-state index is 14.7. The summed E-state index contributed by atoms with van der Waals surface area (Å²) in [5.41, 5.74) is 0.553. The van der Waals surface area contributed by atoms with Gasteiger partial charge in [0, 0.05) is 30.8 Å². The van der Waals surface area contributed by atoms with Crippen molar-refractivity contribution in [3.63, 3.8) is 0 Å². The van der Waals surface area contributed by atoms with Gasteiger partial charge in [0.25, 0.3) is 0 Å². The van der Waals surface area contributed by atoms with Gasteiger partial charge in [0.15, 0.2) is 0 Å². The fraction of sp³-hybridized carbons (Fsp3) is 0.571. The van der Waals surface area contributed by atoms with E-state index in [4.69, 9.17) is 4.74 Å². The van der Waals surface area contributed by atoms with Gasteiger partial charge < -0.3 is 9.64 Å². The number of carbonyl (C=O) groups excluding carboxylic acids is 3. The molecule has 2 aliphatic heterocycles. The fourth-order valence-corrected chi connectivity index (χ4v) is 3.74. The van der Waals surface area contributed by atoms with Gasteiger partial charge >= 0.3 is 5.97 Å². The number of carbonyl (C=O) groups is 3. The molecule has 7 heteroatoms. The Morgan fingerprint density at radius 2 is 1.86 bits per heavy atom.